The van der Waals surface area contributed by atoms with Gasteiger partial charge < -0.3 is 15.0 Å². The molecule has 1 N–H and O–H groups in total. The lowest BCUT2D eigenvalue weighted by molar-refractivity contribution is -0.138. The summed E-state index contributed by atoms with van der Waals surface area (Å²) in [4.78, 5) is 26.6. The maximum absolute atomic E-state index is 12.5. The second-order valence-corrected chi connectivity index (χ2v) is 6.88. The Bertz CT molecular complexity index is 802. The standard InChI is InChI=1S/C20H26N4O3/c1-23-12-15(11-22-23)9-10-21-20(26)17-7-8-19(25)24(14-17)13-16-5-3-4-6-18(16)27-2/h3-6,11-12,17H,7-10,13-14H2,1-2H3,(H,21,26). The quantitative estimate of drug-likeness (QED) is 0.802. The number of ether oxygens (including phenoxy) is 1. The fraction of sp³-hybridized carbons (Fsp3) is 0.450. The summed E-state index contributed by atoms with van der Waals surface area (Å²) in [6, 6.07) is 7.66. The molecule has 2 amide bonds. The highest BCUT2D eigenvalue weighted by atomic mass is 16.5. The zero-order valence-corrected chi connectivity index (χ0v) is 15.9. The molecule has 1 aliphatic heterocycles. The van der Waals surface area contributed by atoms with Crippen molar-refractivity contribution in [3.8, 4) is 5.75 Å². The predicted octanol–water partition coefficient (Wildman–Crippen LogP) is 1.53. The number of nitrogens with one attached hydrogen (secondary N) is 1. The van der Waals surface area contributed by atoms with Gasteiger partial charge in [0, 0.05) is 44.9 Å². The summed E-state index contributed by atoms with van der Waals surface area (Å²) in [6.07, 6.45) is 5.49. The van der Waals surface area contributed by atoms with Crippen molar-refractivity contribution in [1.29, 1.82) is 0 Å². The minimum Gasteiger partial charge on any atom is -0.496 e. The van der Waals surface area contributed by atoms with Gasteiger partial charge in [0.25, 0.3) is 0 Å². The number of piperidine rings is 1. The minimum absolute atomic E-state index is 0.0106. The number of benzene rings is 1. The average Bonchev–Trinajstić information content (AvgIpc) is 3.09. The largest absolute Gasteiger partial charge is 0.496 e. The van der Waals surface area contributed by atoms with Gasteiger partial charge in [-0.1, -0.05) is 18.2 Å². The lowest BCUT2D eigenvalue weighted by atomic mass is 9.96. The van der Waals surface area contributed by atoms with Crippen LogP contribution in [0.3, 0.4) is 0 Å². The van der Waals surface area contributed by atoms with Gasteiger partial charge >= 0.3 is 0 Å². The van der Waals surface area contributed by atoms with Crippen LogP contribution in [0.1, 0.15) is 24.0 Å². The fourth-order valence-corrected chi connectivity index (χ4v) is 3.40. The molecule has 2 aromatic rings. The monoisotopic (exact) mass is 370 g/mol. The first-order valence-electron chi connectivity index (χ1n) is 9.21. The number of aryl methyl sites for hydroxylation is 1. The van der Waals surface area contributed by atoms with E-state index in [1.165, 1.54) is 0 Å². The summed E-state index contributed by atoms with van der Waals surface area (Å²) in [6.45, 7) is 1.47. The zero-order valence-electron chi connectivity index (χ0n) is 15.9. The van der Waals surface area contributed by atoms with E-state index < -0.39 is 0 Å². The van der Waals surface area contributed by atoms with Crippen LogP contribution in [0, 0.1) is 5.92 Å². The van der Waals surface area contributed by atoms with E-state index in [2.05, 4.69) is 10.4 Å². The molecule has 1 aromatic heterocycles. The first-order valence-corrected chi connectivity index (χ1v) is 9.21. The van der Waals surface area contributed by atoms with E-state index in [0.717, 1.165) is 23.3 Å². The summed E-state index contributed by atoms with van der Waals surface area (Å²) < 4.78 is 7.12. The maximum atomic E-state index is 12.5. The number of carbonyl (C=O) groups is 2. The summed E-state index contributed by atoms with van der Waals surface area (Å²) in [5.74, 6) is 0.677. The van der Waals surface area contributed by atoms with Crippen LogP contribution in [0.25, 0.3) is 0 Å². The molecule has 1 unspecified atom stereocenters. The molecule has 0 aliphatic carbocycles. The van der Waals surface area contributed by atoms with E-state index in [1.807, 2.05) is 37.5 Å². The molecule has 3 rings (SSSR count). The van der Waals surface area contributed by atoms with Gasteiger partial charge in [-0.15, -0.1) is 0 Å². The Morgan fingerprint density at radius 3 is 2.93 bits per heavy atom. The van der Waals surface area contributed by atoms with E-state index in [1.54, 1.807) is 22.9 Å². The van der Waals surface area contributed by atoms with Crippen molar-refractivity contribution in [3.05, 3.63) is 47.8 Å². The smallest absolute Gasteiger partial charge is 0.224 e. The normalized spacial score (nSPS) is 17.0. The molecule has 0 bridgehead atoms. The lowest BCUT2D eigenvalue weighted by Crippen LogP contribution is -2.45. The SMILES string of the molecule is COc1ccccc1CN1CC(C(=O)NCCc2cnn(C)c2)CCC1=O. The van der Waals surface area contributed by atoms with Crippen LogP contribution < -0.4 is 10.1 Å². The molecular formula is C20H26N4O3. The van der Waals surface area contributed by atoms with Crippen LogP contribution in [0.15, 0.2) is 36.7 Å². The molecular weight excluding hydrogens is 344 g/mol. The van der Waals surface area contributed by atoms with Gasteiger partial charge in [0.1, 0.15) is 5.75 Å². The topological polar surface area (TPSA) is 76.5 Å². The minimum atomic E-state index is -0.175. The molecule has 1 fully saturated rings. The number of carbonyl (C=O) groups excluding carboxylic acids is 2. The van der Waals surface area contributed by atoms with E-state index in [4.69, 9.17) is 4.74 Å². The summed E-state index contributed by atoms with van der Waals surface area (Å²) in [5, 5.41) is 7.12. The van der Waals surface area contributed by atoms with Crippen molar-refractivity contribution in [1.82, 2.24) is 20.0 Å². The second kappa shape index (κ2) is 8.70. The van der Waals surface area contributed by atoms with E-state index in [9.17, 15) is 9.59 Å². The molecule has 1 saturated heterocycles. The third-order valence-electron chi connectivity index (χ3n) is 4.90. The summed E-state index contributed by atoms with van der Waals surface area (Å²) in [7, 11) is 3.49. The zero-order chi connectivity index (χ0) is 19.2. The Morgan fingerprint density at radius 1 is 1.37 bits per heavy atom. The number of para-hydroxylation sites is 1. The number of hydrogen-bond acceptors (Lipinski definition) is 4. The van der Waals surface area contributed by atoms with Gasteiger partial charge in [-0.2, -0.15) is 5.10 Å². The number of amides is 2. The van der Waals surface area contributed by atoms with Crippen molar-refractivity contribution >= 4 is 11.8 Å². The fourth-order valence-electron chi connectivity index (χ4n) is 3.40. The third-order valence-corrected chi connectivity index (χ3v) is 4.90. The van der Waals surface area contributed by atoms with Crippen molar-refractivity contribution in [2.45, 2.75) is 25.8 Å². The molecule has 7 heteroatoms. The molecule has 1 aliphatic rings. The number of nitrogens with zero attached hydrogens (tertiary/aromatic N) is 3. The molecule has 144 valence electrons. The van der Waals surface area contributed by atoms with Crippen LogP contribution in [-0.4, -0.2) is 46.7 Å². The predicted molar refractivity (Wildman–Crippen MR) is 101 cm³/mol. The van der Waals surface area contributed by atoms with Crippen LogP contribution in [-0.2, 0) is 29.6 Å². The van der Waals surface area contributed by atoms with Crippen molar-refractivity contribution < 1.29 is 14.3 Å². The van der Waals surface area contributed by atoms with Gasteiger partial charge in [0.15, 0.2) is 0 Å². The first-order chi connectivity index (χ1) is 13.1. The van der Waals surface area contributed by atoms with Crippen molar-refractivity contribution in [2.24, 2.45) is 13.0 Å². The number of aromatic nitrogens is 2. The molecule has 7 nitrogen and oxygen atoms in total. The van der Waals surface area contributed by atoms with Crippen LogP contribution in [0.4, 0.5) is 0 Å². The number of likely N-dealkylation sites (tertiary alicyclic amines) is 1. The first kappa shape index (κ1) is 18.9. The van der Waals surface area contributed by atoms with E-state index >= 15 is 0 Å². The molecule has 1 aromatic carbocycles. The van der Waals surface area contributed by atoms with Crippen molar-refractivity contribution in [2.75, 3.05) is 20.2 Å². The Hall–Kier alpha value is -2.83. The van der Waals surface area contributed by atoms with E-state index in [-0.39, 0.29) is 17.7 Å². The Balaban J connectivity index is 1.54. The maximum Gasteiger partial charge on any atom is 0.224 e. The summed E-state index contributed by atoms with van der Waals surface area (Å²) >= 11 is 0. The second-order valence-electron chi connectivity index (χ2n) is 6.88. The molecule has 1 atom stereocenters. The molecule has 0 spiro atoms. The Kier molecular flexibility index (Phi) is 6.11. The highest BCUT2D eigenvalue weighted by Crippen LogP contribution is 2.24. The van der Waals surface area contributed by atoms with Crippen LogP contribution >= 0.6 is 0 Å². The molecule has 0 saturated carbocycles. The highest BCUT2D eigenvalue weighted by Gasteiger charge is 2.30. The molecule has 27 heavy (non-hydrogen) atoms. The average molecular weight is 370 g/mol. The molecule has 0 radical (unpaired) electrons. The van der Waals surface area contributed by atoms with Crippen LogP contribution in [0.2, 0.25) is 0 Å². The van der Waals surface area contributed by atoms with Gasteiger partial charge in [-0.25, -0.2) is 0 Å². The van der Waals surface area contributed by atoms with Gasteiger partial charge in [0.2, 0.25) is 11.8 Å². The third kappa shape index (κ3) is 4.87. The van der Waals surface area contributed by atoms with Gasteiger partial charge in [-0.3, -0.25) is 14.3 Å². The highest BCUT2D eigenvalue weighted by molar-refractivity contribution is 5.83. The Morgan fingerprint density at radius 2 is 2.19 bits per heavy atom. The summed E-state index contributed by atoms with van der Waals surface area (Å²) in [5.41, 5.74) is 2.04. The van der Waals surface area contributed by atoms with Gasteiger partial charge in [-0.05, 0) is 24.5 Å². The Labute approximate surface area is 159 Å². The number of rotatable bonds is 7. The van der Waals surface area contributed by atoms with E-state index in [0.29, 0.717) is 32.5 Å². The number of methoxy groups -OCH3 is 1. The van der Waals surface area contributed by atoms with Crippen LogP contribution in [0.5, 0.6) is 5.75 Å². The van der Waals surface area contributed by atoms with Crippen molar-refractivity contribution in [3.63, 3.8) is 0 Å². The lowest BCUT2D eigenvalue weighted by Gasteiger charge is -2.32. The molecule has 2 heterocycles. The number of hydrogen-bond donors (Lipinski definition) is 1. The van der Waals surface area contributed by atoms with Gasteiger partial charge in [0.05, 0.1) is 19.2 Å².